The van der Waals surface area contributed by atoms with Crippen LogP contribution in [0.3, 0.4) is 0 Å². The molecule has 4 rings (SSSR count). The summed E-state index contributed by atoms with van der Waals surface area (Å²) >= 11 is 0. The summed E-state index contributed by atoms with van der Waals surface area (Å²) in [7, 11) is -3.88. The molecule has 0 unspecified atom stereocenters. The molecule has 2 aromatic heterocycles. The summed E-state index contributed by atoms with van der Waals surface area (Å²) in [6.07, 6.45) is 4.34. The Morgan fingerprint density at radius 3 is 2.75 bits per heavy atom. The van der Waals surface area contributed by atoms with Crippen LogP contribution < -0.4 is 14.8 Å². The van der Waals surface area contributed by atoms with Crippen LogP contribution in [0.1, 0.15) is 21.4 Å². The molecule has 1 aliphatic heterocycles. The highest BCUT2D eigenvalue weighted by molar-refractivity contribution is 7.91. The van der Waals surface area contributed by atoms with Crippen LogP contribution in [0.25, 0.3) is 0 Å². The average molecular weight is 400 g/mol. The lowest BCUT2D eigenvalue weighted by atomic mass is 10.2. The molecule has 3 heterocycles. The van der Waals surface area contributed by atoms with Gasteiger partial charge in [0.25, 0.3) is 5.91 Å². The van der Waals surface area contributed by atoms with E-state index < -0.39 is 21.0 Å². The maximum Gasteiger partial charge on any atom is 0.252 e. The molecule has 1 atom stereocenters. The average Bonchev–Trinajstić information content (AvgIpc) is 3.40. The van der Waals surface area contributed by atoms with Gasteiger partial charge in [0.15, 0.2) is 21.3 Å². The number of carbonyl (C=O) groups is 1. The number of furan rings is 1. The molecule has 9 heteroatoms. The number of sulfone groups is 1. The van der Waals surface area contributed by atoms with Crippen molar-refractivity contribution in [1.82, 2.24) is 10.3 Å². The molecule has 1 aliphatic rings. The van der Waals surface area contributed by atoms with Crippen LogP contribution in [-0.4, -0.2) is 32.6 Å². The van der Waals surface area contributed by atoms with Gasteiger partial charge < -0.3 is 19.2 Å². The Hall–Kier alpha value is -3.33. The molecule has 1 amide bonds. The number of nitrogens with zero attached hydrogens (tertiary/aromatic N) is 1. The van der Waals surface area contributed by atoms with Crippen molar-refractivity contribution < 1.29 is 27.1 Å². The Morgan fingerprint density at radius 2 is 2.00 bits per heavy atom. The highest BCUT2D eigenvalue weighted by atomic mass is 32.2. The molecule has 0 saturated carbocycles. The van der Waals surface area contributed by atoms with E-state index in [1.165, 1.54) is 24.6 Å². The van der Waals surface area contributed by atoms with Gasteiger partial charge in [0.05, 0.1) is 16.7 Å². The minimum atomic E-state index is -3.88. The van der Waals surface area contributed by atoms with Crippen LogP contribution in [0, 0.1) is 0 Å². The number of nitrogens with one attached hydrogen (secondary N) is 1. The zero-order valence-electron chi connectivity index (χ0n) is 14.6. The quantitative estimate of drug-likeness (QED) is 0.677. The van der Waals surface area contributed by atoms with Crippen molar-refractivity contribution in [3.05, 3.63) is 72.4 Å². The van der Waals surface area contributed by atoms with E-state index in [0.717, 1.165) is 0 Å². The third-order valence-electron chi connectivity index (χ3n) is 4.28. The fraction of sp³-hybridized carbons (Fsp3) is 0.158. The summed E-state index contributed by atoms with van der Waals surface area (Å²) in [5.41, 5.74) is 0.334. The monoisotopic (exact) mass is 400 g/mol. The third-order valence-corrected chi connectivity index (χ3v) is 6.34. The van der Waals surface area contributed by atoms with Gasteiger partial charge in [-0.15, -0.1) is 0 Å². The topological polar surface area (TPSA) is 108 Å². The minimum Gasteiger partial charge on any atom is -0.468 e. The lowest BCUT2D eigenvalue weighted by Crippen LogP contribution is -2.31. The second-order valence-electron chi connectivity index (χ2n) is 6.02. The second kappa shape index (κ2) is 7.35. The Balaban J connectivity index is 1.62. The van der Waals surface area contributed by atoms with Gasteiger partial charge in [0.2, 0.25) is 6.79 Å². The van der Waals surface area contributed by atoms with E-state index in [-0.39, 0.29) is 24.0 Å². The molecule has 144 valence electrons. The van der Waals surface area contributed by atoms with Crippen LogP contribution >= 0.6 is 0 Å². The first kappa shape index (κ1) is 18.1. The molecular weight excluding hydrogens is 384 g/mol. The number of pyridine rings is 1. The number of fused-ring (bicyclic) bond motifs is 1. The smallest absolute Gasteiger partial charge is 0.252 e. The fourth-order valence-corrected chi connectivity index (χ4v) is 4.44. The van der Waals surface area contributed by atoms with E-state index in [1.54, 1.807) is 36.5 Å². The number of amides is 1. The highest BCUT2D eigenvalue weighted by Crippen LogP contribution is 2.37. The minimum absolute atomic E-state index is 0.0433. The van der Waals surface area contributed by atoms with Crippen LogP contribution in [0.15, 0.2) is 70.4 Å². The Labute approximate surface area is 161 Å². The Morgan fingerprint density at radius 1 is 1.14 bits per heavy atom. The number of benzene rings is 1. The largest absolute Gasteiger partial charge is 0.468 e. The summed E-state index contributed by atoms with van der Waals surface area (Å²) in [5.74, 6) is 0.645. The molecule has 28 heavy (non-hydrogen) atoms. The summed E-state index contributed by atoms with van der Waals surface area (Å²) in [4.78, 5) is 16.3. The van der Waals surface area contributed by atoms with Gasteiger partial charge in [-0.25, -0.2) is 8.42 Å². The molecule has 0 radical (unpaired) electrons. The standard InChI is InChI=1S/C19H16N2O6S/c22-19(13-3-1-7-20-10-13)21-11-18(16-4-2-8-25-16)28(23,24)14-5-6-15-17(9-14)27-12-26-15/h1-10,18H,11-12H2,(H,21,22)/t18-/m1/s1. The van der Waals surface area contributed by atoms with Crippen molar-refractivity contribution in [2.24, 2.45) is 0 Å². The lowest BCUT2D eigenvalue weighted by molar-refractivity contribution is 0.0953. The van der Waals surface area contributed by atoms with Crippen molar-refractivity contribution >= 4 is 15.7 Å². The number of carbonyl (C=O) groups excluding carboxylic acids is 1. The highest BCUT2D eigenvalue weighted by Gasteiger charge is 2.33. The predicted molar refractivity (Wildman–Crippen MR) is 97.8 cm³/mol. The first-order valence-corrected chi connectivity index (χ1v) is 9.95. The van der Waals surface area contributed by atoms with Crippen molar-refractivity contribution in [2.45, 2.75) is 10.1 Å². The summed E-state index contributed by atoms with van der Waals surface area (Å²) in [6.45, 7) is -0.125. The number of ether oxygens (including phenoxy) is 2. The maximum absolute atomic E-state index is 13.3. The number of rotatable bonds is 6. The summed E-state index contributed by atoms with van der Waals surface area (Å²) in [6, 6.07) is 10.8. The second-order valence-corrected chi connectivity index (χ2v) is 8.15. The van der Waals surface area contributed by atoms with Crippen LogP contribution in [-0.2, 0) is 9.84 Å². The predicted octanol–water partition coefficient (Wildman–Crippen LogP) is 2.35. The molecule has 1 aromatic carbocycles. The Kier molecular flexibility index (Phi) is 4.74. The van der Waals surface area contributed by atoms with Crippen molar-refractivity contribution in [3.8, 4) is 11.5 Å². The zero-order chi connectivity index (χ0) is 19.6. The number of aromatic nitrogens is 1. The molecule has 0 aliphatic carbocycles. The van der Waals surface area contributed by atoms with Crippen LogP contribution in [0.2, 0.25) is 0 Å². The van der Waals surface area contributed by atoms with Gasteiger partial charge in [-0.2, -0.15) is 0 Å². The van der Waals surface area contributed by atoms with Gasteiger partial charge in [-0.3, -0.25) is 9.78 Å². The van der Waals surface area contributed by atoms with E-state index in [9.17, 15) is 13.2 Å². The number of hydrogen-bond acceptors (Lipinski definition) is 7. The first-order chi connectivity index (χ1) is 13.6. The summed E-state index contributed by atoms with van der Waals surface area (Å²) < 4.78 is 42.4. The van der Waals surface area contributed by atoms with Gasteiger partial charge in [-0.05, 0) is 36.4 Å². The maximum atomic E-state index is 13.3. The van der Waals surface area contributed by atoms with E-state index in [0.29, 0.717) is 17.1 Å². The molecule has 3 aromatic rings. The molecular formula is C19H16N2O6S. The molecule has 1 N–H and O–H groups in total. The molecule has 0 fully saturated rings. The van der Waals surface area contributed by atoms with Gasteiger partial charge in [-0.1, -0.05) is 0 Å². The summed E-state index contributed by atoms with van der Waals surface area (Å²) in [5, 5.41) is 1.53. The van der Waals surface area contributed by atoms with Crippen LogP contribution in [0.4, 0.5) is 0 Å². The van der Waals surface area contributed by atoms with Crippen molar-refractivity contribution in [2.75, 3.05) is 13.3 Å². The molecule has 8 nitrogen and oxygen atoms in total. The first-order valence-electron chi connectivity index (χ1n) is 8.41. The van der Waals surface area contributed by atoms with E-state index in [2.05, 4.69) is 10.3 Å². The third kappa shape index (κ3) is 3.44. The van der Waals surface area contributed by atoms with Gasteiger partial charge >= 0.3 is 0 Å². The van der Waals surface area contributed by atoms with Gasteiger partial charge in [0, 0.05) is 25.0 Å². The molecule has 0 saturated heterocycles. The van der Waals surface area contributed by atoms with Gasteiger partial charge in [0.1, 0.15) is 11.0 Å². The zero-order valence-corrected chi connectivity index (χ0v) is 15.4. The van der Waals surface area contributed by atoms with Crippen LogP contribution in [0.5, 0.6) is 11.5 Å². The van der Waals surface area contributed by atoms with Crippen molar-refractivity contribution in [1.29, 1.82) is 0 Å². The van der Waals surface area contributed by atoms with E-state index >= 15 is 0 Å². The SMILES string of the molecule is O=C(NC[C@H](c1ccco1)S(=O)(=O)c1ccc2c(c1)OCO2)c1cccnc1. The number of hydrogen-bond donors (Lipinski definition) is 1. The fourth-order valence-electron chi connectivity index (χ4n) is 2.84. The van der Waals surface area contributed by atoms with E-state index in [1.807, 2.05) is 0 Å². The molecule has 0 spiro atoms. The van der Waals surface area contributed by atoms with Crippen molar-refractivity contribution in [3.63, 3.8) is 0 Å². The molecule has 0 bridgehead atoms. The normalized spacial score (nSPS) is 13.9. The Bertz CT molecular complexity index is 1080. The lowest BCUT2D eigenvalue weighted by Gasteiger charge is -2.17. The van der Waals surface area contributed by atoms with E-state index in [4.69, 9.17) is 13.9 Å².